The standard InChI is InChI=1S/C31H42N4O4/c1-3-4-5-6-7-8-9-10-11-12-13-14-15-16-17-18-19-20-21-22-30(37)33-24-28(36)25-34-31(38)29-26-35(39)27(2)23-32-29/h4-5,7-8,10-11,13-14,16-17,19-20,23,26H,3,6,9,12,15,18,21-22,24-25H2,1-2H3,(H,33,37)(H,34,38). The van der Waals surface area contributed by atoms with Gasteiger partial charge in [-0.25, -0.2) is 4.98 Å². The summed E-state index contributed by atoms with van der Waals surface area (Å²) in [6, 6.07) is 0. The Balaban J connectivity index is 2.05. The van der Waals surface area contributed by atoms with Crippen LogP contribution in [0.2, 0.25) is 0 Å². The van der Waals surface area contributed by atoms with Crippen LogP contribution in [0.3, 0.4) is 0 Å². The van der Waals surface area contributed by atoms with Crippen LogP contribution in [0.4, 0.5) is 0 Å². The summed E-state index contributed by atoms with van der Waals surface area (Å²) in [6.07, 6.45) is 34.4. The van der Waals surface area contributed by atoms with Crippen LogP contribution in [0.15, 0.2) is 85.3 Å². The van der Waals surface area contributed by atoms with Gasteiger partial charge < -0.3 is 15.8 Å². The highest BCUT2D eigenvalue weighted by Crippen LogP contribution is 1.98. The summed E-state index contributed by atoms with van der Waals surface area (Å²) in [4.78, 5) is 39.6. The maximum atomic E-state index is 12.0. The van der Waals surface area contributed by atoms with Crippen LogP contribution in [0.5, 0.6) is 0 Å². The zero-order valence-corrected chi connectivity index (χ0v) is 23.2. The summed E-state index contributed by atoms with van der Waals surface area (Å²) in [5.74, 6) is -1.22. The molecular weight excluding hydrogens is 492 g/mol. The number of rotatable bonds is 19. The smallest absolute Gasteiger partial charge is 0.276 e. The van der Waals surface area contributed by atoms with Gasteiger partial charge in [-0.1, -0.05) is 79.8 Å². The van der Waals surface area contributed by atoms with E-state index in [9.17, 15) is 19.6 Å². The van der Waals surface area contributed by atoms with Crippen LogP contribution in [-0.2, 0) is 9.59 Å². The minimum atomic E-state index is -0.628. The number of nitrogens with zero attached hydrogens (tertiary/aromatic N) is 2. The predicted octanol–water partition coefficient (Wildman–Crippen LogP) is 4.92. The molecule has 0 saturated carbocycles. The lowest BCUT2D eigenvalue weighted by Crippen LogP contribution is -2.38. The first kappa shape index (κ1) is 33.0. The first-order chi connectivity index (χ1) is 18.9. The van der Waals surface area contributed by atoms with Gasteiger partial charge in [0.15, 0.2) is 11.5 Å². The van der Waals surface area contributed by atoms with Gasteiger partial charge in [0.25, 0.3) is 5.91 Å². The average Bonchev–Trinajstić information content (AvgIpc) is 2.93. The molecule has 8 nitrogen and oxygen atoms in total. The van der Waals surface area contributed by atoms with E-state index in [1.807, 2.05) is 12.2 Å². The number of nitrogens with one attached hydrogen (secondary N) is 2. The fourth-order valence-corrected chi connectivity index (χ4v) is 3.05. The van der Waals surface area contributed by atoms with Crippen molar-refractivity contribution in [2.24, 2.45) is 0 Å². The number of hydrogen-bond donors (Lipinski definition) is 2. The van der Waals surface area contributed by atoms with Crippen molar-refractivity contribution in [2.75, 3.05) is 13.1 Å². The van der Waals surface area contributed by atoms with Crippen molar-refractivity contribution in [3.05, 3.63) is 102 Å². The van der Waals surface area contributed by atoms with Crippen molar-refractivity contribution in [3.63, 3.8) is 0 Å². The van der Waals surface area contributed by atoms with E-state index in [0.29, 0.717) is 16.8 Å². The van der Waals surface area contributed by atoms with Crippen molar-refractivity contribution in [2.45, 2.75) is 65.2 Å². The van der Waals surface area contributed by atoms with E-state index in [1.165, 1.54) is 6.20 Å². The summed E-state index contributed by atoms with van der Waals surface area (Å²) in [7, 11) is 0. The van der Waals surface area contributed by atoms with E-state index in [0.717, 1.165) is 44.7 Å². The lowest BCUT2D eigenvalue weighted by molar-refractivity contribution is -0.613. The molecule has 1 aromatic heterocycles. The van der Waals surface area contributed by atoms with Gasteiger partial charge in [-0.05, 0) is 44.9 Å². The largest absolute Gasteiger partial charge is 0.618 e. The van der Waals surface area contributed by atoms with Crippen LogP contribution >= 0.6 is 0 Å². The van der Waals surface area contributed by atoms with Crippen molar-refractivity contribution in [3.8, 4) is 0 Å². The molecule has 2 N–H and O–H groups in total. The molecule has 0 aromatic carbocycles. The Morgan fingerprint density at radius 2 is 1.28 bits per heavy atom. The van der Waals surface area contributed by atoms with Crippen LogP contribution in [0.25, 0.3) is 0 Å². The molecule has 0 unspecified atom stereocenters. The molecule has 8 heteroatoms. The fourth-order valence-electron chi connectivity index (χ4n) is 3.05. The first-order valence-electron chi connectivity index (χ1n) is 13.5. The Bertz CT molecular complexity index is 1070. The normalized spacial score (nSPS) is 12.2. The molecule has 2 amide bonds. The van der Waals surface area contributed by atoms with E-state index in [-0.39, 0.29) is 36.9 Å². The summed E-state index contributed by atoms with van der Waals surface area (Å²) < 4.78 is 0.530. The third-order valence-electron chi connectivity index (χ3n) is 5.27. The van der Waals surface area contributed by atoms with Gasteiger partial charge in [0.05, 0.1) is 19.3 Å². The van der Waals surface area contributed by atoms with E-state index in [4.69, 9.17) is 0 Å². The third kappa shape index (κ3) is 17.9. The van der Waals surface area contributed by atoms with Gasteiger partial charge in [0.1, 0.15) is 0 Å². The SMILES string of the molecule is CCC=CCC=CCC=CCC=CCC=CCC=CCCC(=O)NCC(=O)CNC(=O)c1c[n+]([O-])c(C)cn1. The number of carbonyl (C=O) groups excluding carboxylic acids is 3. The summed E-state index contributed by atoms with van der Waals surface area (Å²) in [5.41, 5.74) is 0.276. The van der Waals surface area contributed by atoms with Crippen molar-refractivity contribution < 1.29 is 19.1 Å². The summed E-state index contributed by atoms with van der Waals surface area (Å²) in [5, 5.41) is 16.4. The fraction of sp³-hybridized carbons (Fsp3) is 0.387. The van der Waals surface area contributed by atoms with E-state index >= 15 is 0 Å². The molecule has 1 aromatic rings. The van der Waals surface area contributed by atoms with E-state index < -0.39 is 5.91 Å². The molecular formula is C31H42N4O4. The number of allylic oxidation sites excluding steroid dienone is 12. The second-order valence-corrected chi connectivity index (χ2v) is 8.69. The van der Waals surface area contributed by atoms with Crippen LogP contribution in [-0.4, -0.2) is 35.7 Å². The molecule has 0 aliphatic heterocycles. The number of ketones is 1. The Labute approximate surface area is 232 Å². The van der Waals surface area contributed by atoms with Crippen molar-refractivity contribution in [1.29, 1.82) is 0 Å². The zero-order valence-electron chi connectivity index (χ0n) is 23.2. The van der Waals surface area contributed by atoms with Crippen molar-refractivity contribution >= 4 is 17.6 Å². The molecule has 210 valence electrons. The molecule has 0 saturated heterocycles. The number of amides is 2. The lowest BCUT2D eigenvalue weighted by atomic mass is 10.2. The summed E-state index contributed by atoms with van der Waals surface area (Å²) >= 11 is 0. The van der Waals surface area contributed by atoms with Crippen LogP contribution in [0, 0.1) is 12.1 Å². The topological polar surface area (TPSA) is 115 Å². The van der Waals surface area contributed by atoms with Gasteiger partial charge in [-0.3, -0.25) is 14.4 Å². The Morgan fingerprint density at radius 3 is 1.79 bits per heavy atom. The molecule has 0 radical (unpaired) electrons. The molecule has 0 fully saturated rings. The van der Waals surface area contributed by atoms with Crippen molar-refractivity contribution in [1.82, 2.24) is 15.6 Å². The molecule has 39 heavy (non-hydrogen) atoms. The zero-order chi connectivity index (χ0) is 28.6. The third-order valence-corrected chi connectivity index (χ3v) is 5.27. The summed E-state index contributed by atoms with van der Waals surface area (Å²) in [6.45, 7) is 3.26. The van der Waals surface area contributed by atoms with Crippen LogP contribution < -0.4 is 15.4 Å². The molecule has 0 atom stereocenters. The Kier molecular flexibility index (Phi) is 18.6. The molecule has 0 bridgehead atoms. The highest BCUT2D eigenvalue weighted by Gasteiger charge is 2.14. The minimum Gasteiger partial charge on any atom is -0.618 e. The van der Waals surface area contributed by atoms with E-state index in [2.05, 4.69) is 83.3 Å². The number of Topliss-reactive ketones (excluding diaryl/α,β-unsaturated/α-hetero) is 1. The number of hydrogen-bond acceptors (Lipinski definition) is 5. The molecule has 0 aliphatic carbocycles. The van der Waals surface area contributed by atoms with Crippen LogP contribution in [0.1, 0.15) is 74.5 Å². The second kappa shape index (κ2) is 22.0. The maximum absolute atomic E-state index is 12.0. The quantitative estimate of drug-likeness (QED) is 0.149. The van der Waals surface area contributed by atoms with Gasteiger partial charge >= 0.3 is 0 Å². The maximum Gasteiger partial charge on any atom is 0.276 e. The molecule has 0 aliphatic rings. The monoisotopic (exact) mass is 534 g/mol. The minimum absolute atomic E-state index is 0.0798. The Morgan fingerprint density at radius 1 is 0.795 bits per heavy atom. The first-order valence-corrected chi connectivity index (χ1v) is 13.5. The highest BCUT2D eigenvalue weighted by molar-refractivity contribution is 5.95. The van der Waals surface area contributed by atoms with Gasteiger partial charge in [0.2, 0.25) is 17.8 Å². The highest BCUT2D eigenvalue weighted by atomic mass is 16.5. The Hall–Kier alpha value is -4.07. The predicted molar refractivity (Wildman–Crippen MR) is 156 cm³/mol. The molecule has 1 rings (SSSR count). The average molecular weight is 535 g/mol. The van der Waals surface area contributed by atoms with E-state index in [1.54, 1.807) is 6.92 Å². The molecule has 0 spiro atoms. The lowest BCUT2D eigenvalue weighted by Gasteiger charge is -2.06. The van der Waals surface area contributed by atoms with Gasteiger partial charge in [-0.2, -0.15) is 4.73 Å². The number of aromatic nitrogens is 2. The number of aryl methyl sites for hydroxylation is 1. The van der Waals surface area contributed by atoms with Gasteiger partial charge in [-0.15, -0.1) is 0 Å². The number of carbonyl (C=O) groups is 3. The second-order valence-electron chi connectivity index (χ2n) is 8.69. The molecule has 1 heterocycles. The van der Waals surface area contributed by atoms with Gasteiger partial charge in [0, 0.05) is 13.3 Å².